The highest BCUT2D eigenvalue weighted by atomic mass is 32.1. The molecule has 0 aliphatic rings. The van der Waals surface area contributed by atoms with Crippen molar-refractivity contribution in [2.45, 2.75) is 6.92 Å². The number of hydrogen-bond donors (Lipinski definition) is 1. The number of anilines is 2. The minimum atomic E-state index is 0.340. The number of nitrogens with zero attached hydrogens (tertiary/aromatic N) is 3. The van der Waals surface area contributed by atoms with Crippen molar-refractivity contribution in [3.05, 3.63) is 35.5 Å². The summed E-state index contributed by atoms with van der Waals surface area (Å²) in [4.78, 5) is 2.32. The molecule has 0 radical (unpaired) electrons. The lowest BCUT2D eigenvalue weighted by molar-refractivity contribution is 0.415. The van der Waals surface area contributed by atoms with E-state index in [1.54, 1.807) is 11.8 Å². The van der Waals surface area contributed by atoms with Gasteiger partial charge in [0.1, 0.15) is 16.6 Å². The molecule has 0 saturated carbocycles. The van der Waals surface area contributed by atoms with E-state index in [2.05, 4.69) is 5.10 Å². The Bertz CT molecular complexity index is 651. The summed E-state index contributed by atoms with van der Waals surface area (Å²) in [7, 11) is 5.46. The summed E-state index contributed by atoms with van der Waals surface area (Å²) in [5, 5.41) is 4.40. The summed E-state index contributed by atoms with van der Waals surface area (Å²) in [6.45, 7) is 1.90. The van der Waals surface area contributed by atoms with Crippen molar-refractivity contribution in [3.8, 4) is 5.75 Å². The lowest BCUT2D eigenvalue weighted by Crippen LogP contribution is -2.20. The van der Waals surface area contributed by atoms with E-state index in [0.717, 1.165) is 28.5 Å². The summed E-state index contributed by atoms with van der Waals surface area (Å²) in [6, 6.07) is 7.77. The van der Waals surface area contributed by atoms with Crippen LogP contribution < -0.4 is 15.4 Å². The second-order valence-electron chi connectivity index (χ2n) is 4.50. The number of methoxy groups -OCH3 is 1. The van der Waals surface area contributed by atoms with Gasteiger partial charge in [0.05, 0.1) is 24.1 Å². The molecule has 0 saturated heterocycles. The second-order valence-corrected chi connectivity index (χ2v) is 4.94. The topological polar surface area (TPSA) is 56.3 Å². The highest BCUT2D eigenvalue weighted by Gasteiger charge is 2.21. The van der Waals surface area contributed by atoms with Crippen LogP contribution in [0.15, 0.2) is 24.3 Å². The van der Waals surface area contributed by atoms with E-state index in [0.29, 0.717) is 4.99 Å². The van der Waals surface area contributed by atoms with Gasteiger partial charge in [0.2, 0.25) is 0 Å². The summed E-state index contributed by atoms with van der Waals surface area (Å²) < 4.78 is 7.17. The first-order valence-electron chi connectivity index (χ1n) is 6.17. The minimum absolute atomic E-state index is 0.340. The average molecular weight is 290 g/mol. The van der Waals surface area contributed by atoms with Gasteiger partial charge in [-0.3, -0.25) is 4.68 Å². The number of benzene rings is 1. The van der Waals surface area contributed by atoms with Gasteiger partial charge in [-0.1, -0.05) is 24.4 Å². The number of ether oxygens (including phenoxy) is 1. The van der Waals surface area contributed by atoms with E-state index in [1.165, 1.54) is 0 Å². The molecule has 0 bridgehead atoms. The first kappa shape index (κ1) is 14.3. The zero-order valence-corrected chi connectivity index (χ0v) is 12.9. The molecule has 0 atom stereocenters. The second kappa shape index (κ2) is 5.50. The van der Waals surface area contributed by atoms with Crippen LogP contribution in [0.4, 0.5) is 11.5 Å². The molecule has 0 aliphatic heterocycles. The average Bonchev–Trinajstić information content (AvgIpc) is 2.72. The number of hydrogen-bond acceptors (Lipinski definition) is 4. The van der Waals surface area contributed by atoms with Crippen LogP contribution >= 0.6 is 12.2 Å². The van der Waals surface area contributed by atoms with Crippen LogP contribution in [0.2, 0.25) is 0 Å². The van der Waals surface area contributed by atoms with Crippen molar-refractivity contribution in [2.75, 3.05) is 19.1 Å². The maximum atomic E-state index is 5.84. The number of rotatable bonds is 4. The van der Waals surface area contributed by atoms with Crippen molar-refractivity contribution in [1.82, 2.24) is 9.78 Å². The molecule has 20 heavy (non-hydrogen) atoms. The number of thiocarbonyl (C=S) groups is 1. The predicted octanol–water partition coefficient (Wildman–Crippen LogP) is 2.14. The van der Waals surface area contributed by atoms with Gasteiger partial charge in [0.25, 0.3) is 0 Å². The third-order valence-corrected chi connectivity index (χ3v) is 3.41. The Labute approximate surface area is 123 Å². The molecule has 0 amide bonds. The molecule has 0 unspecified atom stereocenters. The molecular weight excluding hydrogens is 272 g/mol. The molecule has 2 aromatic rings. The zero-order chi connectivity index (χ0) is 14.9. The molecule has 6 heteroatoms. The minimum Gasteiger partial charge on any atom is -0.495 e. The van der Waals surface area contributed by atoms with Gasteiger partial charge in [-0.2, -0.15) is 5.10 Å². The van der Waals surface area contributed by atoms with E-state index in [9.17, 15) is 0 Å². The van der Waals surface area contributed by atoms with Crippen LogP contribution in [0.1, 0.15) is 11.3 Å². The van der Waals surface area contributed by atoms with Crippen molar-refractivity contribution in [2.24, 2.45) is 12.8 Å². The Morgan fingerprint density at radius 1 is 1.40 bits per heavy atom. The Balaban J connectivity index is 2.59. The number of aromatic nitrogens is 2. The zero-order valence-electron chi connectivity index (χ0n) is 12.0. The first-order chi connectivity index (χ1) is 9.47. The maximum absolute atomic E-state index is 5.84. The Morgan fingerprint density at radius 2 is 2.05 bits per heavy atom. The molecule has 1 heterocycles. The monoisotopic (exact) mass is 290 g/mol. The standard InChI is InChI=1S/C14H18N4OS/c1-9-12(13(15)20)14(18(3)16-9)17(2)10-7-5-6-8-11(10)19-4/h5-8H,1-4H3,(H2,15,20). The van der Waals surface area contributed by atoms with Crippen molar-refractivity contribution < 1.29 is 4.74 Å². The lowest BCUT2D eigenvalue weighted by atomic mass is 10.2. The van der Waals surface area contributed by atoms with Crippen molar-refractivity contribution in [1.29, 1.82) is 0 Å². The molecule has 2 rings (SSSR count). The molecular formula is C14H18N4OS. The molecule has 1 aromatic carbocycles. The van der Waals surface area contributed by atoms with Gasteiger partial charge >= 0.3 is 0 Å². The lowest BCUT2D eigenvalue weighted by Gasteiger charge is -2.23. The van der Waals surface area contributed by atoms with Crippen molar-refractivity contribution >= 4 is 28.7 Å². The molecule has 2 N–H and O–H groups in total. The van der Waals surface area contributed by atoms with Crippen LogP contribution in [0.25, 0.3) is 0 Å². The largest absolute Gasteiger partial charge is 0.495 e. The van der Waals surface area contributed by atoms with E-state index < -0.39 is 0 Å². The van der Waals surface area contributed by atoms with Gasteiger partial charge < -0.3 is 15.4 Å². The van der Waals surface area contributed by atoms with Crippen molar-refractivity contribution in [3.63, 3.8) is 0 Å². The van der Waals surface area contributed by atoms with Crippen LogP contribution in [0, 0.1) is 6.92 Å². The third kappa shape index (κ3) is 2.34. The van der Waals surface area contributed by atoms with Crippen LogP contribution in [-0.2, 0) is 7.05 Å². The van der Waals surface area contributed by atoms with E-state index in [4.69, 9.17) is 22.7 Å². The number of aryl methyl sites for hydroxylation is 2. The summed E-state index contributed by atoms with van der Waals surface area (Å²) in [5.41, 5.74) is 8.37. The normalized spacial score (nSPS) is 10.4. The molecule has 0 spiro atoms. The Kier molecular flexibility index (Phi) is 3.94. The fourth-order valence-electron chi connectivity index (χ4n) is 2.34. The smallest absolute Gasteiger partial charge is 0.142 e. The highest BCUT2D eigenvalue weighted by molar-refractivity contribution is 7.80. The van der Waals surface area contributed by atoms with Crippen LogP contribution in [0.3, 0.4) is 0 Å². The van der Waals surface area contributed by atoms with Gasteiger partial charge in [0, 0.05) is 14.1 Å². The molecule has 0 fully saturated rings. The van der Waals surface area contributed by atoms with E-state index in [-0.39, 0.29) is 0 Å². The third-order valence-electron chi connectivity index (χ3n) is 3.20. The van der Waals surface area contributed by atoms with Gasteiger partial charge in [-0.15, -0.1) is 0 Å². The van der Waals surface area contributed by atoms with Gasteiger partial charge in [-0.25, -0.2) is 0 Å². The Hall–Kier alpha value is -2.08. The molecule has 5 nitrogen and oxygen atoms in total. The fraction of sp³-hybridized carbons (Fsp3) is 0.286. The molecule has 0 aliphatic carbocycles. The number of nitrogens with two attached hydrogens (primary N) is 1. The van der Waals surface area contributed by atoms with E-state index >= 15 is 0 Å². The van der Waals surface area contributed by atoms with Crippen LogP contribution in [0.5, 0.6) is 5.75 Å². The highest BCUT2D eigenvalue weighted by Crippen LogP contribution is 2.34. The quantitative estimate of drug-likeness (QED) is 0.874. The number of para-hydroxylation sites is 2. The van der Waals surface area contributed by atoms with Gasteiger partial charge in [0.15, 0.2) is 0 Å². The maximum Gasteiger partial charge on any atom is 0.142 e. The summed E-state index contributed by atoms with van der Waals surface area (Å²) in [6.07, 6.45) is 0. The Morgan fingerprint density at radius 3 is 2.65 bits per heavy atom. The fourth-order valence-corrected chi connectivity index (χ4v) is 2.58. The first-order valence-corrected chi connectivity index (χ1v) is 6.58. The summed E-state index contributed by atoms with van der Waals surface area (Å²) >= 11 is 5.15. The molecule has 1 aromatic heterocycles. The van der Waals surface area contributed by atoms with Gasteiger partial charge in [-0.05, 0) is 19.1 Å². The SMILES string of the molecule is COc1ccccc1N(C)c1c(C(N)=S)c(C)nn1C. The summed E-state index contributed by atoms with van der Waals surface area (Å²) in [5.74, 6) is 1.63. The predicted molar refractivity (Wildman–Crippen MR) is 84.9 cm³/mol. The van der Waals surface area contributed by atoms with Crippen LogP contribution in [-0.4, -0.2) is 28.9 Å². The molecule has 106 valence electrons. The van der Waals surface area contributed by atoms with E-state index in [1.807, 2.05) is 50.2 Å².